The highest BCUT2D eigenvalue weighted by atomic mass is 35.5. The van der Waals surface area contributed by atoms with Gasteiger partial charge in [-0.15, -0.1) is 0 Å². The lowest BCUT2D eigenvalue weighted by Gasteiger charge is -2.38. The van der Waals surface area contributed by atoms with Crippen LogP contribution in [-0.4, -0.2) is 59.9 Å². The van der Waals surface area contributed by atoms with E-state index in [1.165, 1.54) is 36.4 Å². The van der Waals surface area contributed by atoms with Crippen molar-refractivity contribution in [3.63, 3.8) is 0 Å². The number of carbonyl (C=O) groups excluding carboxylic acids is 2. The number of pyridine rings is 1. The van der Waals surface area contributed by atoms with Crippen LogP contribution in [0.15, 0.2) is 30.5 Å². The standard InChI is InChI=1S/C24H22ClF4N4O3/c1-33(18-6-5-15(36-2)10-17(18)26)8-7-31(12-19(33)34)23(35)20-21(25)32-11-14(13-3-4-13)9-16(22(32)30-20)24(27,28)29/h5-6,9-11,13H,3-4,7-8,12H2,1-2H3/q+1. The molecule has 1 atom stereocenters. The number of rotatable bonds is 4. The molecule has 2 aromatic heterocycles. The highest BCUT2D eigenvalue weighted by molar-refractivity contribution is 6.33. The third-order valence-electron chi connectivity index (χ3n) is 6.91. The average molecular weight is 526 g/mol. The molecule has 0 N–H and O–H groups in total. The molecule has 1 saturated carbocycles. The lowest BCUT2D eigenvalue weighted by Crippen LogP contribution is -2.63. The fourth-order valence-corrected chi connectivity index (χ4v) is 4.81. The highest BCUT2D eigenvalue weighted by Crippen LogP contribution is 2.43. The van der Waals surface area contributed by atoms with Crippen LogP contribution in [-0.2, 0) is 11.0 Å². The summed E-state index contributed by atoms with van der Waals surface area (Å²) < 4.78 is 61.8. The number of methoxy groups -OCH3 is 1. The number of benzene rings is 1. The van der Waals surface area contributed by atoms with Gasteiger partial charge in [-0.25, -0.2) is 18.7 Å². The van der Waals surface area contributed by atoms with Gasteiger partial charge < -0.3 is 9.64 Å². The van der Waals surface area contributed by atoms with Crippen LogP contribution in [0.25, 0.3) is 5.65 Å². The predicted octanol–water partition coefficient (Wildman–Crippen LogP) is 4.65. The van der Waals surface area contributed by atoms with Crippen molar-refractivity contribution in [1.82, 2.24) is 18.8 Å². The number of amides is 2. The van der Waals surface area contributed by atoms with Crippen LogP contribution >= 0.6 is 11.6 Å². The van der Waals surface area contributed by atoms with Crippen molar-refractivity contribution < 1.29 is 31.9 Å². The average Bonchev–Trinajstić information content (AvgIpc) is 3.63. The monoisotopic (exact) mass is 525 g/mol. The SMILES string of the molecule is COc1ccc([N+]2(C)CCN(C(=O)c3nc4c(C(F)(F)F)cc(C5CC5)cn4c3Cl)CC2=O)c(F)c1. The Morgan fingerprint density at radius 2 is 1.97 bits per heavy atom. The van der Waals surface area contributed by atoms with Gasteiger partial charge in [0.25, 0.3) is 5.91 Å². The Kier molecular flexibility index (Phi) is 5.75. The van der Waals surface area contributed by atoms with E-state index in [0.29, 0.717) is 11.3 Å². The summed E-state index contributed by atoms with van der Waals surface area (Å²) in [4.78, 5) is 31.5. The first-order valence-corrected chi connectivity index (χ1v) is 11.6. The maximum Gasteiger partial charge on any atom is 0.419 e. The molecule has 2 aliphatic rings. The van der Waals surface area contributed by atoms with E-state index in [4.69, 9.17) is 16.3 Å². The smallest absolute Gasteiger partial charge is 0.419 e. The van der Waals surface area contributed by atoms with Crippen LogP contribution in [0.2, 0.25) is 5.15 Å². The number of hydrogen-bond donors (Lipinski definition) is 0. The lowest BCUT2D eigenvalue weighted by atomic mass is 10.1. The number of aromatic nitrogens is 2. The Bertz CT molecular complexity index is 1400. The number of ether oxygens (including phenoxy) is 1. The molecule has 0 radical (unpaired) electrons. The number of quaternary nitrogens is 1. The van der Waals surface area contributed by atoms with Gasteiger partial charge in [0.2, 0.25) is 0 Å². The molecule has 3 aromatic rings. The van der Waals surface area contributed by atoms with Gasteiger partial charge in [0.1, 0.15) is 24.0 Å². The van der Waals surface area contributed by atoms with Crippen molar-refractivity contribution in [2.24, 2.45) is 0 Å². The summed E-state index contributed by atoms with van der Waals surface area (Å²) in [5, 5.41) is -0.250. The summed E-state index contributed by atoms with van der Waals surface area (Å²) in [5.74, 6) is -1.54. The molecule has 1 aromatic carbocycles. The Hall–Kier alpha value is -3.18. The molecule has 1 unspecified atom stereocenters. The molecule has 0 bridgehead atoms. The summed E-state index contributed by atoms with van der Waals surface area (Å²) in [6.45, 7) is -0.293. The number of likely N-dealkylation sites (N-methyl/N-ethyl adjacent to an activating group) is 1. The van der Waals surface area contributed by atoms with Crippen molar-refractivity contribution in [2.45, 2.75) is 24.9 Å². The van der Waals surface area contributed by atoms with E-state index >= 15 is 0 Å². The number of piperazine rings is 1. The van der Waals surface area contributed by atoms with Gasteiger partial charge in [0.15, 0.2) is 22.8 Å². The van der Waals surface area contributed by atoms with Crippen molar-refractivity contribution >= 4 is 34.7 Å². The van der Waals surface area contributed by atoms with Gasteiger partial charge in [-0.05, 0) is 36.5 Å². The molecular formula is C24H22ClF4N4O3+. The number of hydrogen-bond acceptors (Lipinski definition) is 4. The summed E-state index contributed by atoms with van der Waals surface area (Å²) in [7, 11) is 2.94. The third-order valence-corrected chi connectivity index (χ3v) is 7.27. The van der Waals surface area contributed by atoms with Crippen LogP contribution in [0.5, 0.6) is 5.75 Å². The molecule has 7 nitrogen and oxygen atoms in total. The molecule has 1 aliphatic heterocycles. The zero-order chi connectivity index (χ0) is 26.0. The summed E-state index contributed by atoms with van der Waals surface area (Å²) in [5.41, 5.74) is -1.20. The quantitative estimate of drug-likeness (QED) is 0.367. The minimum absolute atomic E-state index is 0.0154. The Labute approximate surface area is 208 Å². The number of imidazole rings is 1. The molecule has 36 heavy (non-hydrogen) atoms. The fraction of sp³-hybridized carbons (Fsp3) is 0.375. The van der Waals surface area contributed by atoms with Gasteiger partial charge in [0.05, 0.1) is 26.3 Å². The molecular weight excluding hydrogens is 504 g/mol. The fourth-order valence-electron chi connectivity index (χ4n) is 4.56. The van der Waals surface area contributed by atoms with Crippen molar-refractivity contribution in [3.8, 4) is 5.75 Å². The number of halogens is 5. The van der Waals surface area contributed by atoms with E-state index in [9.17, 15) is 27.2 Å². The maximum absolute atomic E-state index is 14.7. The van der Waals surface area contributed by atoms with Gasteiger partial charge in [-0.1, -0.05) is 11.6 Å². The van der Waals surface area contributed by atoms with Crippen LogP contribution in [0.1, 0.15) is 40.4 Å². The van der Waals surface area contributed by atoms with E-state index < -0.39 is 35.0 Å². The first-order chi connectivity index (χ1) is 16.9. The Morgan fingerprint density at radius 3 is 2.56 bits per heavy atom. The molecule has 3 heterocycles. The minimum atomic E-state index is -4.69. The first-order valence-electron chi connectivity index (χ1n) is 11.2. The third kappa shape index (κ3) is 4.00. The second-order valence-corrected chi connectivity index (χ2v) is 9.61. The first kappa shape index (κ1) is 24.5. The minimum Gasteiger partial charge on any atom is -0.497 e. The van der Waals surface area contributed by atoms with E-state index in [1.807, 2.05) is 0 Å². The number of alkyl halides is 3. The number of fused-ring (bicyclic) bond motifs is 1. The predicted molar refractivity (Wildman–Crippen MR) is 124 cm³/mol. The largest absolute Gasteiger partial charge is 0.497 e. The molecule has 1 saturated heterocycles. The molecule has 5 rings (SSSR count). The van der Waals surface area contributed by atoms with Crippen molar-refractivity contribution in [3.05, 3.63) is 58.3 Å². The Morgan fingerprint density at radius 1 is 1.25 bits per heavy atom. The number of nitrogens with zero attached hydrogens (tertiary/aromatic N) is 4. The van der Waals surface area contributed by atoms with E-state index in [-0.39, 0.29) is 46.6 Å². The summed E-state index contributed by atoms with van der Waals surface area (Å²) in [6.07, 6.45) is -1.65. The Balaban J connectivity index is 1.46. The van der Waals surface area contributed by atoms with Gasteiger partial charge >= 0.3 is 12.1 Å². The molecule has 0 spiro atoms. The molecule has 190 valence electrons. The van der Waals surface area contributed by atoms with Gasteiger partial charge in [-0.2, -0.15) is 13.2 Å². The second kappa shape index (κ2) is 8.45. The lowest BCUT2D eigenvalue weighted by molar-refractivity contribution is -0.136. The highest BCUT2D eigenvalue weighted by Gasteiger charge is 2.44. The van der Waals surface area contributed by atoms with Crippen LogP contribution in [0.3, 0.4) is 0 Å². The molecule has 2 fully saturated rings. The molecule has 2 amide bonds. The topological polar surface area (TPSA) is 63.9 Å². The zero-order valence-corrected chi connectivity index (χ0v) is 20.2. The normalized spacial score (nSPS) is 20.8. The van der Waals surface area contributed by atoms with Crippen LogP contribution in [0.4, 0.5) is 23.2 Å². The van der Waals surface area contributed by atoms with Crippen LogP contribution in [0, 0.1) is 5.82 Å². The zero-order valence-electron chi connectivity index (χ0n) is 19.4. The summed E-state index contributed by atoms with van der Waals surface area (Å²) >= 11 is 6.36. The second-order valence-electron chi connectivity index (χ2n) is 9.26. The summed E-state index contributed by atoms with van der Waals surface area (Å²) in [6, 6.07) is 5.23. The van der Waals surface area contributed by atoms with E-state index in [1.54, 1.807) is 7.05 Å². The van der Waals surface area contributed by atoms with Gasteiger partial charge in [0, 0.05) is 18.3 Å². The maximum atomic E-state index is 14.7. The molecule has 1 aliphatic carbocycles. The van der Waals surface area contributed by atoms with Crippen molar-refractivity contribution in [1.29, 1.82) is 0 Å². The van der Waals surface area contributed by atoms with Crippen molar-refractivity contribution in [2.75, 3.05) is 33.8 Å². The van der Waals surface area contributed by atoms with Crippen LogP contribution < -0.4 is 9.22 Å². The van der Waals surface area contributed by atoms with Gasteiger partial charge in [-0.3, -0.25) is 9.20 Å². The molecule has 12 heteroatoms. The van der Waals surface area contributed by atoms with E-state index in [0.717, 1.165) is 23.3 Å². The number of carbonyl (C=O) groups is 2. The van der Waals surface area contributed by atoms with E-state index in [2.05, 4.69) is 4.98 Å².